The van der Waals surface area contributed by atoms with E-state index in [1.165, 1.54) is 51.6 Å². The molecule has 0 N–H and O–H groups in total. The molecule has 1 aliphatic heterocycles. The smallest absolute Gasteiger partial charge is 0.0672 e. The van der Waals surface area contributed by atoms with Crippen molar-refractivity contribution in [3.05, 3.63) is 0 Å². The lowest BCUT2D eigenvalue weighted by Gasteiger charge is -2.46. The molecule has 2 rings (SSSR count). The Morgan fingerprint density at radius 3 is 2.42 bits per heavy atom. The standard InChI is InChI=1S/C17H30N2/c1-4-14-6-7-15(13-18)16(12-14)19-10-8-17(3,5-2)9-11-19/h14-16H,4-12H2,1-3H3. The van der Waals surface area contributed by atoms with E-state index in [1.54, 1.807) is 0 Å². The van der Waals surface area contributed by atoms with E-state index in [-0.39, 0.29) is 5.92 Å². The Balaban J connectivity index is 1.98. The highest BCUT2D eigenvalue weighted by molar-refractivity contribution is 4.99. The zero-order valence-corrected chi connectivity index (χ0v) is 13.0. The van der Waals surface area contributed by atoms with Crippen molar-refractivity contribution in [2.75, 3.05) is 13.1 Å². The summed E-state index contributed by atoms with van der Waals surface area (Å²) in [5, 5.41) is 9.42. The lowest BCUT2D eigenvalue weighted by Crippen LogP contribution is -2.49. The minimum Gasteiger partial charge on any atom is -0.299 e. The van der Waals surface area contributed by atoms with Gasteiger partial charge in [-0.25, -0.2) is 0 Å². The van der Waals surface area contributed by atoms with Gasteiger partial charge >= 0.3 is 0 Å². The summed E-state index contributed by atoms with van der Waals surface area (Å²) in [4.78, 5) is 2.65. The maximum absolute atomic E-state index is 9.42. The molecule has 0 amide bonds. The van der Waals surface area contributed by atoms with Crippen molar-refractivity contribution in [2.45, 2.75) is 71.8 Å². The molecule has 2 nitrogen and oxygen atoms in total. The number of likely N-dealkylation sites (tertiary alicyclic amines) is 1. The molecule has 0 aromatic heterocycles. The normalized spacial score (nSPS) is 35.8. The van der Waals surface area contributed by atoms with E-state index in [1.807, 2.05) is 0 Å². The van der Waals surface area contributed by atoms with Crippen molar-refractivity contribution < 1.29 is 0 Å². The van der Waals surface area contributed by atoms with Crippen LogP contribution in [-0.2, 0) is 0 Å². The summed E-state index contributed by atoms with van der Waals surface area (Å²) < 4.78 is 0. The van der Waals surface area contributed by atoms with E-state index in [2.05, 4.69) is 31.7 Å². The maximum Gasteiger partial charge on any atom is 0.0672 e. The fraction of sp³-hybridized carbons (Fsp3) is 0.941. The molecule has 3 atom stereocenters. The van der Waals surface area contributed by atoms with Crippen LogP contribution in [0.5, 0.6) is 0 Å². The zero-order valence-electron chi connectivity index (χ0n) is 13.0. The molecule has 0 bridgehead atoms. The summed E-state index contributed by atoms with van der Waals surface area (Å²) in [7, 11) is 0. The van der Waals surface area contributed by atoms with Gasteiger partial charge in [0.1, 0.15) is 0 Å². The summed E-state index contributed by atoms with van der Waals surface area (Å²) >= 11 is 0. The minimum atomic E-state index is 0.286. The van der Waals surface area contributed by atoms with Crippen LogP contribution in [0.2, 0.25) is 0 Å². The Labute approximate surface area is 119 Å². The Morgan fingerprint density at radius 2 is 1.89 bits per heavy atom. The Morgan fingerprint density at radius 1 is 1.21 bits per heavy atom. The quantitative estimate of drug-likeness (QED) is 0.761. The first kappa shape index (κ1) is 14.9. The van der Waals surface area contributed by atoms with Crippen molar-refractivity contribution in [3.63, 3.8) is 0 Å². The molecular formula is C17H30N2. The summed E-state index contributed by atoms with van der Waals surface area (Å²) in [6, 6.07) is 3.14. The molecule has 0 radical (unpaired) electrons. The van der Waals surface area contributed by atoms with E-state index in [9.17, 15) is 5.26 Å². The van der Waals surface area contributed by atoms with Gasteiger partial charge < -0.3 is 0 Å². The number of rotatable bonds is 3. The van der Waals surface area contributed by atoms with Gasteiger partial charge in [-0.05, 0) is 56.5 Å². The van der Waals surface area contributed by atoms with E-state index in [0.717, 1.165) is 12.3 Å². The van der Waals surface area contributed by atoms with E-state index < -0.39 is 0 Å². The lowest BCUT2D eigenvalue weighted by molar-refractivity contribution is 0.0381. The van der Waals surface area contributed by atoms with Crippen LogP contribution in [-0.4, -0.2) is 24.0 Å². The van der Waals surface area contributed by atoms with Crippen molar-refractivity contribution in [1.29, 1.82) is 5.26 Å². The Hall–Kier alpha value is -0.550. The summed E-state index contributed by atoms with van der Waals surface area (Å²) in [5.41, 5.74) is 0.553. The molecule has 0 aromatic rings. The molecule has 1 saturated heterocycles. The topological polar surface area (TPSA) is 27.0 Å². The van der Waals surface area contributed by atoms with Gasteiger partial charge in [0.15, 0.2) is 0 Å². The second kappa shape index (κ2) is 6.27. The molecule has 1 aliphatic carbocycles. The first-order chi connectivity index (χ1) is 9.11. The van der Waals surface area contributed by atoms with Crippen LogP contribution in [0, 0.1) is 28.6 Å². The Kier molecular flexibility index (Phi) is 4.90. The number of hydrogen-bond acceptors (Lipinski definition) is 2. The SMILES string of the molecule is CCC1CCC(C#N)C(N2CCC(C)(CC)CC2)C1. The fourth-order valence-corrected chi connectivity index (χ4v) is 3.91. The van der Waals surface area contributed by atoms with Gasteiger partial charge in [0.05, 0.1) is 12.0 Å². The summed E-state index contributed by atoms with van der Waals surface area (Å²) in [5.74, 6) is 1.14. The molecule has 108 valence electrons. The van der Waals surface area contributed by atoms with Gasteiger partial charge in [-0.15, -0.1) is 0 Å². The molecule has 1 heterocycles. The van der Waals surface area contributed by atoms with Crippen LogP contribution in [0.15, 0.2) is 0 Å². The van der Waals surface area contributed by atoms with Crippen molar-refractivity contribution in [2.24, 2.45) is 17.3 Å². The van der Waals surface area contributed by atoms with Crippen molar-refractivity contribution in [1.82, 2.24) is 4.90 Å². The highest BCUT2D eigenvalue weighted by atomic mass is 15.2. The zero-order chi connectivity index (χ0) is 13.9. The number of nitriles is 1. The molecule has 1 saturated carbocycles. The van der Waals surface area contributed by atoms with E-state index in [0.29, 0.717) is 11.5 Å². The van der Waals surface area contributed by atoms with Gasteiger partial charge in [-0.3, -0.25) is 4.90 Å². The summed E-state index contributed by atoms with van der Waals surface area (Å²) in [6.07, 6.45) is 8.87. The predicted molar refractivity (Wildman–Crippen MR) is 79.7 cm³/mol. The first-order valence-electron chi connectivity index (χ1n) is 8.25. The van der Waals surface area contributed by atoms with Crippen LogP contribution < -0.4 is 0 Å². The van der Waals surface area contributed by atoms with Crippen molar-refractivity contribution in [3.8, 4) is 6.07 Å². The number of hydrogen-bond donors (Lipinski definition) is 0. The second-order valence-electron chi connectivity index (χ2n) is 7.09. The molecule has 2 aliphatic rings. The number of nitrogens with zero attached hydrogens (tertiary/aromatic N) is 2. The van der Waals surface area contributed by atoms with Crippen LogP contribution in [0.25, 0.3) is 0 Å². The van der Waals surface area contributed by atoms with Gasteiger partial charge in [0.2, 0.25) is 0 Å². The third-order valence-electron chi connectivity index (χ3n) is 6.00. The van der Waals surface area contributed by atoms with Gasteiger partial charge in [-0.2, -0.15) is 5.26 Å². The maximum atomic E-state index is 9.42. The second-order valence-corrected chi connectivity index (χ2v) is 7.09. The van der Waals surface area contributed by atoms with Crippen LogP contribution >= 0.6 is 0 Å². The lowest BCUT2D eigenvalue weighted by atomic mass is 9.74. The van der Waals surface area contributed by atoms with Gasteiger partial charge in [0.25, 0.3) is 0 Å². The molecule has 2 fully saturated rings. The van der Waals surface area contributed by atoms with Crippen LogP contribution in [0.3, 0.4) is 0 Å². The first-order valence-corrected chi connectivity index (χ1v) is 8.25. The minimum absolute atomic E-state index is 0.286. The molecule has 2 heteroatoms. The van der Waals surface area contributed by atoms with Gasteiger partial charge in [-0.1, -0.05) is 33.6 Å². The van der Waals surface area contributed by atoms with Gasteiger partial charge in [0, 0.05) is 6.04 Å². The molecule has 19 heavy (non-hydrogen) atoms. The Bertz CT molecular complexity index is 323. The third-order valence-corrected chi connectivity index (χ3v) is 6.00. The molecule has 3 unspecified atom stereocenters. The number of piperidine rings is 1. The van der Waals surface area contributed by atoms with E-state index in [4.69, 9.17) is 0 Å². The highest BCUT2D eigenvalue weighted by Crippen LogP contribution is 2.39. The van der Waals surface area contributed by atoms with Crippen LogP contribution in [0.4, 0.5) is 0 Å². The molecular weight excluding hydrogens is 232 g/mol. The monoisotopic (exact) mass is 262 g/mol. The molecule has 0 aromatic carbocycles. The van der Waals surface area contributed by atoms with E-state index >= 15 is 0 Å². The van der Waals surface area contributed by atoms with Crippen molar-refractivity contribution >= 4 is 0 Å². The largest absolute Gasteiger partial charge is 0.299 e. The van der Waals surface area contributed by atoms with Crippen LogP contribution in [0.1, 0.15) is 65.7 Å². The average molecular weight is 262 g/mol. The molecule has 0 spiro atoms. The fourth-order valence-electron chi connectivity index (χ4n) is 3.91. The summed E-state index contributed by atoms with van der Waals surface area (Å²) in [6.45, 7) is 9.48. The third kappa shape index (κ3) is 3.31. The predicted octanol–water partition coefficient (Wildman–Crippen LogP) is 4.22. The highest BCUT2D eigenvalue weighted by Gasteiger charge is 2.37. The average Bonchev–Trinajstić information content (AvgIpc) is 2.47.